The summed E-state index contributed by atoms with van der Waals surface area (Å²) in [5.74, 6) is -0.682. The molecule has 0 atom stereocenters. The number of nitriles is 1. The largest absolute Gasteiger partial charge is 0.495 e. The smallest absolute Gasteiger partial charge is 0.188 e. The van der Waals surface area contributed by atoms with Gasteiger partial charge < -0.3 is 9.47 Å². The number of sulfone groups is 1. The third kappa shape index (κ3) is 3.29. The Balaban J connectivity index is 2.32. The molecule has 0 unspecified atom stereocenters. The van der Waals surface area contributed by atoms with Crippen LogP contribution in [-0.4, -0.2) is 36.8 Å². The molecule has 7 nitrogen and oxygen atoms in total. The average Bonchev–Trinajstić information content (AvgIpc) is 3.08. The van der Waals surface area contributed by atoms with Gasteiger partial charge in [-0.3, -0.25) is 4.40 Å². The van der Waals surface area contributed by atoms with Gasteiger partial charge in [-0.25, -0.2) is 17.8 Å². The van der Waals surface area contributed by atoms with Crippen molar-refractivity contribution in [1.82, 2.24) is 9.38 Å². The van der Waals surface area contributed by atoms with Crippen LogP contribution in [0.3, 0.4) is 0 Å². The van der Waals surface area contributed by atoms with Crippen molar-refractivity contribution in [1.29, 1.82) is 5.26 Å². The van der Waals surface area contributed by atoms with E-state index in [4.69, 9.17) is 9.47 Å². The van der Waals surface area contributed by atoms with Gasteiger partial charge in [0.1, 0.15) is 22.4 Å². The van der Waals surface area contributed by atoms with Crippen molar-refractivity contribution in [3.63, 3.8) is 0 Å². The number of hydrogen-bond donors (Lipinski definition) is 0. The summed E-state index contributed by atoms with van der Waals surface area (Å²) in [5, 5.41) is 9.30. The molecule has 3 aromatic rings. The number of aromatic nitrogens is 2. The van der Waals surface area contributed by atoms with Crippen LogP contribution in [0.5, 0.6) is 11.5 Å². The Morgan fingerprint density at radius 1 is 1.17 bits per heavy atom. The highest BCUT2D eigenvalue weighted by Gasteiger charge is 2.34. The van der Waals surface area contributed by atoms with Crippen molar-refractivity contribution in [3.05, 3.63) is 42.0 Å². The minimum absolute atomic E-state index is 0.00580. The van der Waals surface area contributed by atoms with Crippen LogP contribution >= 0.6 is 0 Å². The first kappa shape index (κ1) is 20.6. The molecule has 29 heavy (non-hydrogen) atoms. The molecular formula is C20H20FN3O4S. The predicted octanol–water partition coefficient (Wildman–Crippen LogP) is 3.60. The second-order valence-electron chi connectivity index (χ2n) is 7.34. The fraction of sp³-hybridized carbons (Fsp3) is 0.300. The van der Waals surface area contributed by atoms with Gasteiger partial charge >= 0.3 is 0 Å². The molecule has 0 fully saturated rings. The number of rotatable bonds is 4. The van der Waals surface area contributed by atoms with E-state index in [0.717, 1.165) is 0 Å². The summed E-state index contributed by atoms with van der Waals surface area (Å²) in [6.07, 6.45) is 2.88. The molecule has 0 aliphatic rings. The van der Waals surface area contributed by atoms with Crippen LogP contribution in [0.4, 0.5) is 4.39 Å². The highest BCUT2D eigenvalue weighted by atomic mass is 32.2. The van der Waals surface area contributed by atoms with E-state index in [1.807, 2.05) is 6.07 Å². The summed E-state index contributed by atoms with van der Waals surface area (Å²) in [7, 11) is -1.07. The quantitative estimate of drug-likeness (QED) is 0.644. The van der Waals surface area contributed by atoms with Crippen LogP contribution in [0, 0.1) is 17.1 Å². The molecule has 0 spiro atoms. The molecule has 2 aromatic heterocycles. The maximum atomic E-state index is 14.4. The molecule has 1 aromatic carbocycles. The van der Waals surface area contributed by atoms with E-state index < -0.39 is 20.4 Å². The summed E-state index contributed by atoms with van der Waals surface area (Å²) < 4.78 is 51.2. The third-order valence-corrected chi connectivity index (χ3v) is 7.05. The van der Waals surface area contributed by atoms with Crippen molar-refractivity contribution >= 4 is 15.5 Å². The molecule has 9 heteroatoms. The lowest BCUT2D eigenvalue weighted by molar-refractivity contribution is 0.385. The molecule has 0 saturated heterocycles. The van der Waals surface area contributed by atoms with Crippen LogP contribution in [0.1, 0.15) is 26.3 Å². The van der Waals surface area contributed by atoms with E-state index in [9.17, 15) is 18.1 Å². The summed E-state index contributed by atoms with van der Waals surface area (Å²) in [6, 6.07) is 6.09. The van der Waals surface area contributed by atoms with Crippen molar-refractivity contribution in [3.8, 4) is 28.8 Å². The van der Waals surface area contributed by atoms with E-state index in [2.05, 4.69) is 4.98 Å². The van der Waals surface area contributed by atoms with Gasteiger partial charge in [-0.2, -0.15) is 5.26 Å². The van der Waals surface area contributed by atoms with Crippen LogP contribution in [0.15, 0.2) is 35.5 Å². The van der Waals surface area contributed by atoms with Crippen LogP contribution in [0.25, 0.3) is 16.9 Å². The molecule has 2 heterocycles. The lowest BCUT2D eigenvalue weighted by Crippen LogP contribution is -2.28. The Morgan fingerprint density at radius 2 is 1.86 bits per heavy atom. The first-order valence-electron chi connectivity index (χ1n) is 8.63. The molecule has 0 aliphatic heterocycles. The molecule has 0 bridgehead atoms. The predicted molar refractivity (Wildman–Crippen MR) is 105 cm³/mol. The fourth-order valence-corrected chi connectivity index (χ4v) is 4.23. The van der Waals surface area contributed by atoms with Gasteiger partial charge in [0, 0.05) is 17.8 Å². The second kappa shape index (κ2) is 7.04. The molecule has 152 valence electrons. The number of halogens is 1. The first-order valence-corrected chi connectivity index (χ1v) is 10.1. The van der Waals surface area contributed by atoms with E-state index in [0.29, 0.717) is 16.9 Å². The number of benzene rings is 1. The number of nitrogens with zero attached hydrogens (tertiary/aromatic N) is 3. The second-order valence-corrected chi connectivity index (χ2v) is 10.0. The van der Waals surface area contributed by atoms with Gasteiger partial charge in [-0.05, 0) is 32.9 Å². The number of hydrogen-bond acceptors (Lipinski definition) is 6. The normalized spacial score (nSPS) is 12.0. The van der Waals surface area contributed by atoms with Crippen molar-refractivity contribution in [2.75, 3.05) is 14.2 Å². The number of ether oxygens (including phenoxy) is 2. The van der Waals surface area contributed by atoms with E-state index in [-0.39, 0.29) is 22.0 Å². The topological polar surface area (TPSA) is 93.7 Å². The minimum atomic E-state index is -3.74. The number of imidazole rings is 1. The van der Waals surface area contributed by atoms with Gasteiger partial charge in [-0.15, -0.1) is 0 Å². The molecule has 3 rings (SSSR count). The Hall–Kier alpha value is -3.12. The Bertz CT molecular complexity index is 1250. The lowest BCUT2D eigenvalue weighted by atomic mass is 10.1. The zero-order valence-corrected chi connectivity index (χ0v) is 17.5. The van der Waals surface area contributed by atoms with Crippen LogP contribution in [-0.2, 0) is 9.84 Å². The van der Waals surface area contributed by atoms with Crippen molar-refractivity contribution in [2.45, 2.75) is 30.4 Å². The van der Waals surface area contributed by atoms with Gasteiger partial charge in [0.05, 0.1) is 36.4 Å². The highest BCUT2D eigenvalue weighted by Crippen LogP contribution is 2.35. The third-order valence-electron chi connectivity index (χ3n) is 4.55. The minimum Gasteiger partial charge on any atom is -0.495 e. The number of fused-ring (bicyclic) bond motifs is 1. The lowest BCUT2D eigenvalue weighted by Gasteiger charge is -2.21. The SMILES string of the molecule is COc1cc2ncc(-c3cc(F)c(OC)c(C#N)c3)n2cc1S(=O)(=O)C(C)(C)C. The summed E-state index contributed by atoms with van der Waals surface area (Å²) >= 11 is 0. The maximum Gasteiger partial charge on any atom is 0.188 e. The summed E-state index contributed by atoms with van der Waals surface area (Å²) in [4.78, 5) is 4.26. The van der Waals surface area contributed by atoms with Gasteiger partial charge in [0.2, 0.25) is 0 Å². The summed E-state index contributed by atoms with van der Waals surface area (Å²) in [5.41, 5.74) is 1.22. The molecule has 0 aliphatic carbocycles. The molecule has 0 N–H and O–H groups in total. The van der Waals surface area contributed by atoms with E-state index >= 15 is 0 Å². The highest BCUT2D eigenvalue weighted by molar-refractivity contribution is 7.92. The monoisotopic (exact) mass is 417 g/mol. The van der Waals surface area contributed by atoms with E-state index in [1.54, 1.807) is 20.8 Å². The van der Waals surface area contributed by atoms with Gasteiger partial charge in [0.15, 0.2) is 21.4 Å². The zero-order valence-electron chi connectivity index (χ0n) is 16.6. The molecule has 0 radical (unpaired) electrons. The van der Waals surface area contributed by atoms with Gasteiger partial charge in [0.25, 0.3) is 0 Å². The molecule has 0 amide bonds. The Morgan fingerprint density at radius 3 is 2.41 bits per heavy atom. The Labute approximate surface area is 168 Å². The van der Waals surface area contributed by atoms with E-state index in [1.165, 1.54) is 49.2 Å². The van der Waals surface area contributed by atoms with Gasteiger partial charge in [-0.1, -0.05) is 0 Å². The standard InChI is InChI=1S/C20H20FN3O4S/c1-20(2,3)29(25,26)17-11-24-15(10-23-18(24)8-16(17)27-4)12-6-13(9-22)19(28-5)14(21)7-12/h6-8,10-11H,1-5H3. The molecule has 0 saturated carbocycles. The average molecular weight is 417 g/mol. The van der Waals surface area contributed by atoms with Crippen LogP contribution < -0.4 is 9.47 Å². The number of pyridine rings is 1. The van der Waals surface area contributed by atoms with Crippen molar-refractivity contribution < 1.29 is 22.3 Å². The molecular weight excluding hydrogens is 397 g/mol. The number of methoxy groups -OCH3 is 2. The van der Waals surface area contributed by atoms with Crippen molar-refractivity contribution in [2.24, 2.45) is 0 Å². The maximum absolute atomic E-state index is 14.4. The Kier molecular flexibility index (Phi) is 5.01. The zero-order chi connectivity index (χ0) is 21.6. The fourth-order valence-electron chi connectivity index (χ4n) is 2.92. The first-order chi connectivity index (χ1) is 13.5. The van der Waals surface area contributed by atoms with Crippen LogP contribution in [0.2, 0.25) is 0 Å². The summed E-state index contributed by atoms with van der Waals surface area (Å²) in [6.45, 7) is 4.79.